The number of alkyl halides is 3. The van der Waals surface area contributed by atoms with Gasteiger partial charge in [-0.3, -0.25) is 9.78 Å². The van der Waals surface area contributed by atoms with E-state index in [-0.39, 0.29) is 44.7 Å². The van der Waals surface area contributed by atoms with Crippen LogP contribution in [0, 0.1) is 11.3 Å². The minimum absolute atomic E-state index is 0.0142. The van der Waals surface area contributed by atoms with Gasteiger partial charge in [0.1, 0.15) is 5.75 Å². The second kappa shape index (κ2) is 9.59. The summed E-state index contributed by atoms with van der Waals surface area (Å²) in [4.78, 5) is 27.9. The number of carbonyl (C=O) groups is 1. The van der Waals surface area contributed by atoms with Crippen LogP contribution in [-0.2, 0) is 6.18 Å². The summed E-state index contributed by atoms with van der Waals surface area (Å²) >= 11 is 6.21. The molecule has 0 radical (unpaired) electrons. The number of rotatable bonds is 5. The van der Waals surface area contributed by atoms with Crippen molar-refractivity contribution in [3.8, 4) is 28.9 Å². The second-order valence-electron chi connectivity index (χ2n) is 7.38. The highest BCUT2D eigenvalue weighted by atomic mass is 35.5. The van der Waals surface area contributed by atoms with Gasteiger partial charge < -0.3 is 10.1 Å². The van der Waals surface area contributed by atoms with Crippen molar-refractivity contribution in [2.75, 3.05) is 12.4 Å². The van der Waals surface area contributed by atoms with Gasteiger partial charge >= 0.3 is 11.9 Å². The first-order valence-corrected chi connectivity index (χ1v) is 10.6. The van der Waals surface area contributed by atoms with E-state index in [4.69, 9.17) is 16.3 Å². The van der Waals surface area contributed by atoms with Crippen molar-refractivity contribution in [2.45, 2.75) is 6.18 Å². The maximum absolute atomic E-state index is 13.0. The number of hydrogen-bond acceptors (Lipinski definition) is 5. The highest BCUT2D eigenvalue weighted by molar-refractivity contribution is 6.33. The second-order valence-corrected chi connectivity index (χ2v) is 7.79. The number of halogens is 4. The third-order valence-electron chi connectivity index (χ3n) is 5.11. The Balaban J connectivity index is 1.67. The summed E-state index contributed by atoms with van der Waals surface area (Å²) in [6.07, 6.45) is -4.56. The summed E-state index contributed by atoms with van der Waals surface area (Å²) < 4.78 is 45.2. The Hall–Kier alpha value is -4.56. The number of carbonyl (C=O) groups excluding carboxylic acids is 1. The van der Waals surface area contributed by atoms with E-state index < -0.39 is 23.3 Å². The van der Waals surface area contributed by atoms with Crippen molar-refractivity contribution in [1.82, 2.24) is 14.8 Å². The molecule has 0 aliphatic carbocycles. The lowest BCUT2D eigenvalue weighted by Gasteiger charge is -2.12. The van der Waals surface area contributed by atoms with Crippen molar-refractivity contribution in [3.63, 3.8) is 0 Å². The number of amides is 1. The van der Waals surface area contributed by atoms with Crippen LogP contribution in [0.5, 0.6) is 5.75 Å². The lowest BCUT2D eigenvalue weighted by Crippen LogP contribution is -2.17. The Morgan fingerprint density at radius 1 is 1.17 bits per heavy atom. The number of anilines is 1. The molecule has 0 unspecified atom stereocenters. The van der Waals surface area contributed by atoms with Gasteiger partial charge in [0, 0.05) is 11.8 Å². The summed E-state index contributed by atoms with van der Waals surface area (Å²) in [5.41, 5.74) is -0.904. The lowest BCUT2D eigenvalue weighted by molar-refractivity contribution is -0.137. The van der Waals surface area contributed by atoms with E-state index in [9.17, 15) is 28.0 Å². The van der Waals surface area contributed by atoms with Crippen molar-refractivity contribution in [3.05, 3.63) is 92.9 Å². The third kappa shape index (κ3) is 4.80. The van der Waals surface area contributed by atoms with Gasteiger partial charge in [-0.2, -0.15) is 23.1 Å². The first-order chi connectivity index (χ1) is 17.1. The molecule has 4 rings (SSSR count). The van der Waals surface area contributed by atoms with Crippen LogP contribution in [0.2, 0.25) is 5.02 Å². The van der Waals surface area contributed by atoms with Gasteiger partial charge in [-0.05, 0) is 42.5 Å². The largest absolute Gasteiger partial charge is 0.496 e. The number of methoxy groups -OCH3 is 1. The Morgan fingerprint density at radius 3 is 2.61 bits per heavy atom. The zero-order valence-electron chi connectivity index (χ0n) is 18.4. The van der Waals surface area contributed by atoms with Crippen LogP contribution in [0.25, 0.3) is 17.1 Å². The van der Waals surface area contributed by atoms with Crippen LogP contribution in [0.3, 0.4) is 0 Å². The predicted octanol–water partition coefficient (Wildman–Crippen LogP) is 5.03. The van der Waals surface area contributed by atoms with Crippen molar-refractivity contribution >= 4 is 23.2 Å². The van der Waals surface area contributed by atoms with Crippen molar-refractivity contribution in [2.24, 2.45) is 0 Å². The molecule has 0 aliphatic heterocycles. The highest BCUT2D eigenvalue weighted by Gasteiger charge is 2.30. The summed E-state index contributed by atoms with van der Waals surface area (Å²) in [5, 5.41) is 16.2. The number of aromatic nitrogens is 3. The van der Waals surface area contributed by atoms with Crippen LogP contribution >= 0.6 is 11.6 Å². The van der Waals surface area contributed by atoms with Crippen LogP contribution in [0.15, 0.2) is 65.5 Å². The Morgan fingerprint density at radius 2 is 1.92 bits per heavy atom. The molecule has 0 bridgehead atoms. The summed E-state index contributed by atoms with van der Waals surface area (Å²) in [6, 6.07) is 15.0. The standard InChI is InChI=1S/C24H15ClF3N5O3/c1-36-19-11-16(33-23(35)31-21(32-33)20-13(12-29)4-2-7-18(20)25)8-9-17(19)22(34)30-15-6-3-5-14(10-15)24(26,27)28/h2-11H,1H3,(H,30,34)(H,31,32,35). The molecular formula is C24H15ClF3N5O3. The molecular weight excluding hydrogens is 499 g/mol. The minimum atomic E-state index is -4.56. The van der Waals surface area contributed by atoms with E-state index in [0.717, 1.165) is 16.8 Å². The van der Waals surface area contributed by atoms with Crippen LogP contribution < -0.4 is 15.7 Å². The number of hydrogen-bond donors (Lipinski definition) is 2. The summed E-state index contributed by atoms with van der Waals surface area (Å²) in [6.45, 7) is 0. The Labute approximate surface area is 206 Å². The molecule has 4 aromatic rings. The first-order valence-electron chi connectivity index (χ1n) is 10.2. The topological polar surface area (TPSA) is 113 Å². The molecule has 0 atom stereocenters. The number of ether oxygens (including phenoxy) is 1. The molecule has 1 heterocycles. The molecule has 0 saturated carbocycles. The third-order valence-corrected chi connectivity index (χ3v) is 5.43. The average molecular weight is 514 g/mol. The normalized spacial score (nSPS) is 11.1. The lowest BCUT2D eigenvalue weighted by atomic mass is 10.1. The quantitative estimate of drug-likeness (QED) is 0.388. The van der Waals surface area contributed by atoms with Gasteiger partial charge in [0.15, 0.2) is 5.82 Å². The smallest absolute Gasteiger partial charge is 0.416 e. The van der Waals surface area contributed by atoms with Gasteiger partial charge in [0.25, 0.3) is 5.91 Å². The van der Waals surface area contributed by atoms with Gasteiger partial charge in [0.05, 0.1) is 46.1 Å². The van der Waals surface area contributed by atoms with E-state index in [1.165, 1.54) is 43.5 Å². The monoisotopic (exact) mass is 513 g/mol. The minimum Gasteiger partial charge on any atom is -0.496 e. The van der Waals surface area contributed by atoms with Gasteiger partial charge in [0.2, 0.25) is 0 Å². The number of nitrogens with one attached hydrogen (secondary N) is 2. The van der Waals surface area contributed by atoms with E-state index in [1.54, 1.807) is 12.1 Å². The van der Waals surface area contributed by atoms with E-state index in [1.807, 2.05) is 6.07 Å². The summed E-state index contributed by atoms with van der Waals surface area (Å²) in [7, 11) is 1.29. The van der Waals surface area contributed by atoms with Crippen molar-refractivity contribution in [1.29, 1.82) is 5.26 Å². The Bertz CT molecular complexity index is 1570. The number of nitriles is 1. The highest BCUT2D eigenvalue weighted by Crippen LogP contribution is 2.32. The first kappa shape index (κ1) is 24.6. The maximum Gasteiger partial charge on any atom is 0.416 e. The van der Waals surface area contributed by atoms with E-state index in [2.05, 4.69) is 15.4 Å². The van der Waals surface area contributed by atoms with Crippen LogP contribution in [0.1, 0.15) is 21.5 Å². The molecule has 182 valence electrons. The van der Waals surface area contributed by atoms with Crippen molar-refractivity contribution < 1.29 is 22.7 Å². The molecule has 8 nitrogen and oxygen atoms in total. The molecule has 0 saturated heterocycles. The molecule has 0 fully saturated rings. The molecule has 1 amide bonds. The number of benzene rings is 3. The molecule has 1 aromatic heterocycles. The van der Waals surface area contributed by atoms with Gasteiger partial charge in [-0.1, -0.05) is 23.7 Å². The zero-order valence-corrected chi connectivity index (χ0v) is 19.1. The van der Waals surface area contributed by atoms with E-state index >= 15 is 0 Å². The fourth-order valence-electron chi connectivity index (χ4n) is 3.44. The molecule has 3 aromatic carbocycles. The maximum atomic E-state index is 13.0. The Kier molecular flexibility index (Phi) is 6.55. The molecule has 12 heteroatoms. The van der Waals surface area contributed by atoms with Gasteiger partial charge in [-0.15, -0.1) is 5.10 Å². The summed E-state index contributed by atoms with van der Waals surface area (Å²) in [5.74, 6) is -0.612. The number of H-pyrrole nitrogens is 1. The van der Waals surface area contributed by atoms with Crippen LogP contribution in [0.4, 0.5) is 18.9 Å². The fraction of sp³-hybridized carbons (Fsp3) is 0.0833. The predicted molar refractivity (Wildman–Crippen MR) is 125 cm³/mol. The number of nitrogens with zero attached hydrogens (tertiary/aromatic N) is 3. The number of aromatic amines is 1. The molecule has 0 spiro atoms. The molecule has 0 aliphatic rings. The zero-order chi connectivity index (χ0) is 26.0. The SMILES string of the molecule is COc1cc(-n2nc(-c3c(Cl)cccc3C#N)[nH]c2=O)ccc1C(=O)Nc1cccc(C(F)(F)F)c1. The van der Waals surface area contributed by atoms with Crippen LogP contribution in [-0.4, -0.2) is 27.8 Å². The average Bonchev–Trinajstić information content (AvgIpc) is 3.23. The molecule has 2 N–H and O–H groups in total. The fourth-order valence-corrected chi connectivity index (χ4v) is 3.71. The molecule has 36 heavy (non-hydrogen) atoms. The van der Waals surface area contributed by atoms with Gasteiger partial charge in [-0.25, -0.2) is 4.79 Å². The van der Waals surface area contributed by atoms with E-state index in [0.29, 0.717) is 0 Å².